The van der Waals surface area contributed by atoms with E-state index in [9.17, 15) is 4.79 Å². The lowest BCUT2D eigenvalue weighted by Crippen LogP contribution is -2.33. The second-order valence-electron chi connectivity index (χ2n) is 4.39. The Morgan fingerprint density at radius 1 is 1.21 bits per heavy atom. The molecular weight excluding hydrogens is 242 g/mol. The van der Waals surface area contributed by atoms with Gasteiger partial charge in [0.15, 0.2) is 0 Å². The lowest BCUT2D eigenvalue weighted by atomic mass is 9.85. The van der Waals surface area contributed by atoms with Gasteiger partial charge in [0.2, 0.25) is 5.91 Å². The first-order chi connectivity index (χ1) is 6.49. The van der Waals surface area contributed by atoms with E-state index in [2.05, 4.69) is 48.9 Å². The van der Waals surface area contributed by atoms with Crippen LogP contribution in [0.2, 0.25) is 0 Å². The fourth-order valence-corrected chi connectivity index (χ4v) is 2.01. The molecule has 0 atom stereocenters. The third-order valence-electron chi connectivity index (χ3n) is 2.57. The molecule has 0 bridgehead atoms. The summed E-state index contributed by atoms with van der Waals surface area (Å²) in [5, 5.41) is 3.72. The number of halogens is 1. The van der Waals surface area contributed by atoms with Gasteiger partial charge in [-0.05, 0) is 17.8 Å². The number of rotatable bonds is 6. The number of hydrogen-bond acceptors (Lipinski definition) is 1. The minimum absolute atomic E-state index is 0.146. The topological polar surface area (TPSA) is 29.1 Å². The average molecular weight is 264 g/mol. The van der Waals surface area contributed by atoms with Gasteiger partial charge in [-0.15, -0.1) is 0 Å². The highest BCUT2D eigenvalue weighted by Crippen LogP contribution is 2.19. The summed E-state index contributed by atoms with van der Waals surface area (Å²) in [6.07, 6.45) is 0.572. The Morgan fingerprint density at radius 2 is 1.71 bits per heavy atom. The normalized spacial score (nSPS) is 11.4. The maximum absolute atomic E-state index is 11.3. The van der Waals surface area contributed by atoms with Crippen LogP contribution in [0.25, 0.3) is 0 Å². The smallest absolute Gasteiger partial charge is 0.220 e. The average Bonchev–Trinajstić information content (AvgIpc) is 2.03. The summed E-state index contributed by atoms with van der Waals surface area (Å²) in [5.41, 5.74) is 0. The molecule has 14 heavy (non-hydrogen) atoms. The zero-order valence-electron chi connectivity index (χ0n) is 9.64. The van der Waals surface area contributed by atoms with Crippen molar-refractivity contribution in [2.45, 2.75) is 34.1 Å². The summed E-state index contributed by atoms with van der Waals surface area (Å²) in [7, 11) is 0. The molecule has 0 radical (unpaired) electrons. The van der Waals surface area contributed by atoms with Crippen molar-refractivity contribution in [3.63, 3.8) is 0 Å². The standard InChI is InChI=1S/C11H22BrNO/c1-8(2)10(9(3)4)7-13-11(14)5-6-12/h8-10H,5-7H2,1-4H3,(H,13,14). The lowest BCUT2D eigenvalue weighted by molar-refractivity contribution is -0.120. The molecule has 3 heteroatoms. The van der Waals surface area contributed by atoms with Gasteiger partial charge in [0.05, 0.1) is 0 Å². The van der Waals surface area contributed by atoms with E-state index in [0.717, 1.165) is 11.9 Å². The molecule has 0 aromatic heterocycles. The Bertz CT molecular complexity index is 161. The van der Waals surface area contributed by atoms with Crippen molar-refractivity contribution in [1.82, 2.24) is 5.32 Å². The summed E-state index contributed by atoms with van der Waals surface area (Å²) in [4.78, 5) is 11.3. The third kappa shape index (κ3) is 5.63. The van der Waals surface area contributed by atoms with E-state index in [0.29, 0.717) is 24.2 Å². The van der Waals surface area contributed by atoms with Crippen LogP contribution in [0.4, 0.5) is 0 Å². The number of alkyl halides is 1. The van der Waals surface area contributed by atoms with Crippen molar-refractivity contribution in [3.8, 4) is 0 Å². The van der Waals surface area contributed by atoms with Crippen molar-refractivity contribution < 1.29 is 4.79 Å². The lowest BCUT2D eigenvalue weighted by Gasteiger charge is -2.24. The van der Waals surface area contributed by atoms with Gasteiger partial charge in [0.1, 0.15) is 0 Å². The van der Waals surface area contributed by atoms with Crippen LogP contribution in [0.3, 0.4) is 0 Å². The first-order valence-corrected chi connectivity index (χ1v) is 6.43. The Kier molecular flexibility index (Phi) is 7.24. The molecule has 0 aliphatic carbocycles. The highest BCUT2D eigenvalue weighted by molar-refractivity contribution is 9.09. The highest BCUT2D eigenvalue weighted by Gasteiger charge is 2.17. The van der Waals surface area contributed by atoms with Crippen molar-refractivity contribution in [1.29, 1.82) is 0 Å². The molecule has 0 unspecified atom stereocenters. The molecule has 0 aromatic carbocycles. The Morgan fingerprint density at radius 3 is 2.07 bits per heavy atom. The molecule has 0 heterocycles. The van der Waals surface area contributed by atoms with Crippen molar-refractivity contribution in [2.24, 2.45) is 17.8 Å². The van der Waals surface area contributed by atoms with E-state index in [-0.39, 0.29) is 5.91 Å². The molecule has 1 amide bonds. The summed E-state index contributed by atoms with van der Waals surface area (Å²) in [6, 6.07) is 0. The monoisotopic (exact) mass is 263 g/mol. The van der Waals surface area contributed by atoms with Gasteiger partial charge in [0.25, 0.3) is 0 Å². The number of hydrogen-bond donors (Lipinski definition) is 1. The maximum atomic E-state index is 11.3. The highest BCUT2D eigenvalue weighted by atomic mass is 79.9. The van der Waals surface area contributed by atoms with Crippen LogP contribution in [0.1, 0.15) is 34.1 Å². The molecule has 0 fully saturated rings. The molecule has 0 aliphatic rings. The van der Waals surface area contributed by atoms with Crippen LogP contribution in [-0.4, -0.2) is 17.8 Å². The van der Waals surface area contributed by atoms with Gasteiger partial charge < -0.3 is 5.32 Å². The van der Waals surface area contributed by atoms with Crippen LogP contribution in [-0.2, 0) is 4.79 Å². The quantitative estimate of drug-likeness (QED) is 0.734. The molecule has 0 rings (SSSR count). The van der Waals surface area contributed by atoms with Crippen LogP contribution in [0, 0.1) is 17.8 Å². The maximum Gasteiger partial charge on any atom is 0.220 e. The van der Waals surface area contributed by atoms with Crippen molar-refractivity contribution in [3.05, 3.63) is 0 Å². The van der Waals surface area contributed by atoms with Crippen molar-refractivity contribution in [2.75, 3.05) is 11.9 Å². The van der Waals surface area contributed by atoms with Gasteiger partial charge >= 0.3 is 0 Å². The van der Waals surface area contributed by atoms with E-state index in [4.69, 9.17) is 0 Å². The first-order valence-electron chi connectivity index (χ1n) is 5.31. The minimum Gasteiger partial charge on any atom is -0.356 e. The van der Waals surface area contributed by atoms with Gasteiger partial charge in [-0.3, -0.25) is 4.79 Å². The predicted molar refractivity (Wildman–Crippen MR) is 64.6 cm³/mol. The number of carbonyl (C=O) groups is 1. The summed E-state index contributed by atoms with van der Waals surface area (Å²) in [5.74, 6) is 1.97. The zero-order valence-corrected chi connectivity index (χ0v) is 11.2. The van der Waals surface area contributed by atoms with E-state index < -0.39 is 0 Å². The fraction of sp³-hybridized carbons (Fsp3) is 0.909. The first kappa shape index (κ1) is 13.9. The number of nitrogens with one attached hydrogen (secondary N) is 1. The second-order valence-corrected chi connectivity index (χ2v) is 5.19. The summed E-state index contributed by atoms with van der Waals surface area (Å²) in [6.45, 7) is 9.65. The molecule has 0 spiro atoms. The molecule has 84 valence electrons. The van der Waals surface area contributed by atoms with E-state index in [1.165, 1.54) is 0 Å². The number of amides is 1. The minimum atomic E-state index is 0.146. The molecule has 0 aliphatic heterocycles. The molecular formula is C11H22BrNO. The predicted octanol–water partition coefficient (Wildman–Crippen LogP) is 2.82. The summed E-state index contributed by atoms with van der Waals surface area (Å²) < 4.78 is 0. The van der Waals surface area contributed by atoms with Gasteiger partial charge in [-0.2, -0.15) is 0 Å². The Balaban J connectivity index is 3.88. The molecule has 2 nitrogen and oxygen atoms in total. The van der Waals surface area contributed by atoms with Crippen LogP contribution < -0.4 is 5.32 Å². The Hall–Kier alpha value is -0.0500. The van der Waals surface area contributed by atoms with E-state index in [1.807, 2.05) is 0 Å². The van der Waals surface area contributed by atoms with E-state index >= 15 is 0 Å². The zero-order chi connectivity index (χ0) is 11.1. The van der Waals surface area contributed by atoms with Crippen LogP contribution in [0.15, 0.2) is 0 Å². The number of carbonyl (C=O) groups excluding carboxylic acids is 1. The van der Waals surface area contributed by atoms with Crippen molar-refractivity contribution >= 4 is 21.8 Å². The summed E-state index contributed by atoms with van der Waals surface area (Å²) >= 11 is 3.25. The van der Waals surface area contributed by atoms with Gasteiger partial charge in [0, 0.05) is 18.3 Å². The second kappa shape index (κ2) is 7.27. The third-order valence-corrected chi connectivity index (χ3v) is 2.97. The SMILES string of the molecule is CC(C)C(CNC(=O)CCBr)C(C)C. The van der Waals surface area contributed by atoms with Gasteiger partial charge in [-0.25, -0.2) is 0 Å². The molecule has 0 saturated carbocycles. The fourth-order valence-electron chi connectivity index (χ4n) is 1.65. The molecule has 1 N–H and O–H groups in total. The van der Waals surface area contributed by atoms with Gasteiger partial charge in [-0.1, -0.05) is 43.6 Å². The molecule has 0 saturated heterocycles. The van der Waals surface area contributed by atoms with Crippen LogP contribution >= 0.6 is 15.9 Å². The van der Waals surface area contributed by atoms with E-state index in [1.54, 1.807) is 0 Å². The Labute approximate surface area is 96.0 Å². The largest absolute Gasteiger partial charge is 0.356 e. The van der Waals surface area contributed by atoms with Crippen LogP contribution in [0.5, 0.6) is 0 Å². The molecule has 0 aromatic rings.